The van der Waals surface area contributed by atoms with Crippen molar-refractivity contribution < 1.29 is 4.74 Å². The Labute approximate surface area is 111 Å². The largest absolute Gasteiger partial charge is 0.493 e. The van der Waals surface area contributed by atoms with E-state index in [1.807, 2.05) is 0 Å². The Morgan fingerprint density at radius 3 is 2.50 bits per heavy atom. The Balaban J connectivity index is 2.07. The summed E-state index contributed by atoms with van der Waals surface area (Å²) in [6.45, 7) is 7.34. The molecule has 1 aromatic rings. The van der Waals surface area contributed by atoms with Crippen LogP contribution in [0.25, 0.3) is 0 Å². The fourth-order valence-corrected chi connectivity index (χ4v) is 2.76. The summed E-state index contributed by atoms with van der Waals surface area (Å²) in [5.41, 5.74) is 7.68. The van der Waals surface area contributed by atoms with Crippen molar-refractivity contribution in [2.45, 2.75) is 45.6 Å². The topological polar surface area (TPSA) is 35.2 Å². The third-order valence-corrected chi connectivity index (χ3v) is 4.08. The minimum atomic E-state index is -0.128. The predicted octanol–water partition coefficient (Wildman–Crippen LogP) is 3.70. The molecule has 0 aromatic heterocycles. The standard InChI is InChI=1S/C16H25NO/c1-12(2)11-18-15-8-6-14(7-9-15)16(17)10-4-5-13(16)3/h6-9,12-13H,4-5,10-11,17H2,1-3H3. The quantitative estimate of drug-likeness (QED) is 0.880. The van der Waals surface area contributed by atoms with Crippen LogP contribution in [0, 0.1) is 11.8 Å². The lowest BCUT2D eigenvalue weighted by Crippen LogP contribution is -2.38. The average molecular weight is 247 g/mol. The summed E-state index contributed by atoms with van der Waals surface area (Å²) in [4.78, 5) is 0. The summed E-state index contributed by atoms with van der Waals surface area (Å²) in [5, 5.41) is 0. The summed E-state index contributed by atoms with van der Waals surface area (Å²) < 4.78 is 5.70. The normalized spacial score (nSPS) is 27.7. The van der Waals surface area contributed by atoms with Crippen LogP contribution in [-0.4, -0.2) is 6.61 Å². The van der Waals surface area contributed by atoms with E-state index in [0.29, 0.717) is 11.8 Å². The third kappa shape index (κ3) is 2.69. The van der Waals surface area contributed by atoms with Crippen molar-refractivity contribution in [1.29, 1.82) is 0 Å². The number of nitrogens with two attached hydrogens (primary N) is 1. The molecule has 2 heteroatoms. The Morgan fingerprint density at radius 2 is 2.00 bits per heavy atom. The molecular formula is C16H25NO. The lowest BCUT2D eigenvalue weighted by atomic mass is 9.82. The molecule has 0 heterocycles. The zero-order valence-corrected chi connectivity index (χ0v) is 11.8. The van der Waals surface area contributed by atoms with Gasteiger partial charge in [0.2, 0.25) is 0 Å². The minimum Gasteiger partial charge on any atom is -0.493 e. The Hall–Kier alpha value is -1.02. The number of hydrogen-bond acceptors (Lipinski definition) is 2. The van der Waals surface area contributed by atoms with Crippen molar-refractivity contribution in [3.8, 4) is 5.75 Å². The van der Waals surface area contributed by atoms with Gasteiger partial charge in [-0.2, -0.15) is 0 Å². The first-order chi connectivity index (χ1) is 8.52. The van der Waals surface area contributed by atoms with Crippen LogP contribution in [0.1, 0.15) is 45.6 Å². The van der Waals surface area contributed by atoms with Crippen LogP contribution in [0.5, 0.6) is 5.75 Å². The molecule has 0 bridgehead atoms. The maximum Gasteiger partial charge on any atom is 0.119 e. The SMILES string of the molecule is CC(C)COc1ccc(C2(N)CCCC2C)cc1. The molecular weight excluding hydrogens is 222 g/mol. The van der Waals surface area contributed by atoms with Gasteiger partial charge in [-0.1, -0.05) is 39.3 Å². The van der Waals surface area contributed by atoms with Crippen molar-refractivity contribution in [1.82, 2.24) is 0 Å². The molecule has 2 atom stereocenters. The first-order valence-electron chi connectivity index (χ1n) is 7.04. The number of benzene rings is 1. The molecule has 0 aliphatic heterocycles. The number of rotatable bonds is 4. The molecule has 0 saturated heterocycles. The van der Waals surface area contributed by atoms with Gasteiger partial charge in [-0.05, 0) is 42.4 Å². The lowest BCUT2D eigenvalue weighted by molar-refractivity contribution is 0.270. The first kappa shape index (κ1) is 13.4. The van der Waals surface area contributed by atoms with Gasteiger partial charge in [0, 0.05) is 5.54 Å². The van der Waals surface area contributed by atoms with E-state index in [2.05, 4.69) is 45.0 Å². The number of ether oxygens (including phenoxy) is 1. The third-order valence-electron chi connectivity index (χ3n) is 4.08. The van der Waals surface area contributed by atoms with Gasteiger partial charge >= 0.3 is 0 Å². The summed E-state index contributed by atoms with van der Waals surface area (Å²) in [6.07, 6.45) is 3.58. The van der Waals surface area contributed by atoms with Crippen LogP contribution in [0.3, 0.4) is 0 Å². The molecule has 2 N–H and O–H groups in total. The van der Waals surface area contributed by atoms with Crippen LogP contribution in [0.2, 0.25) is 0 Å². The van der Waals surface area contributed by atoms with Gasteiger partial charge in [-0.3, -0.25) is 0 Å². The van der Waals surface area contributed by atoms with Gasteiger partial charge in [0.15, 0.2) is 0 Å². The minimum absolute atomic E-state index is 0.128. The van der Waals surface area contributed by atoms with Crippen molar-refractivity contribution in [2.24, 2.45) is 17.6 Å². The Bertz CT molecular complexity index is 385. The fraction of sp³-hybridized carbons (Fsp3) is 0.625. The summed E-state index contributed by atoms with van der Waals surface area (Å²) in [6, 6.07) is 8.38. The highest BCUT2D eigenvalue weighted by atomic mass is 16.5. The molecule has 1 fully saturated rings. The smallest absolute Gasteiger partial charge is 0.119 e. The van der Waals surface area contributed by atoms with Gasteiger partial charge < -0.3 is 10.5 Å². The molecule has 1 aliphatic rings. The van der Waals surface area contributed by atoms with Crippen molar-refractivity contribution in [3.05, 3.63) is 29.8 Å². The van der Waals surface area contributed by atoms with Gasteiger partial charge in [-0.25, -0.2) is 0 Å². The second kappa shape index (κ2) is 5.31. The molecule has 0 amide bonds. The molecule has 1 aliphatic carbocycles. The van der Waals surface area contributed by atoms with E-state index >= 15 is 0 Å². The maximum absolute atomic E-state index is 6.56. The zero-order chi connectivity index (χ0) is 13.2. The van der Waals surface area contributed by atoms with Gasteiger partial charge in [0.05, 0.1) is 6.61 Å². The van der Waals surface area contributed by atoms with Crippen molar-refractivity contribution >= 4 is 0 Å². The molecule has 0 spiro atoms. The molecule has 0 radical (unpaired) electrons. The summed E-state index contributed by atoms with van der Waals surface area (Å²) in [5.74, 6) is 2.07. The highest BCUT2D eigenvalue weighted by Crippen LogP contribution is 2.41. The van der Waals surface area contributed by atoms with E-state index in [-0.39, 0.29) is 5.54 Å². The molecule has 18 heavy (non-hydrogen) atoms. The van der Waals surface area contributed by atoms with Crippen molar-refractivity contribution in [3.63, 3.8) is 0 Å². The van der Waals surface area contributed by atoms with Gasteiger partial charge in [0.25, 0.3) is 0 Å². The lowest BCUT2D eigenvalue weighted by Gasteiger charge is -2.30. The van der Waals surface area contributed by atoms with E-state index in [0.717, 1.165) is 18.8 Å². The van der Waals surface area contributed by atoms with Crippen LogP contribution < -0.4 is 10.5 Å². The van der Waals surface area contributed by atoms with Crippen LogP contribution >= 0.6 is 0 Å². The van der Waals surface area contributed by atoms with Gasteiger partial charge in [0.1, 0.15) is 5.75 Å². The zero-order valence-electron chi connectivity index (χ0n) is 11.8. The maximum atomic E-state index is 6.56. The summed E-state index contributed by atoms with van der Waals surface area (Å²) in [7, 11) is 0. The molecule has 2 nitrogen and oxygen atoms in total. The highest BCUT2D eigenvalue weighted by Gasteiger charge is 2.37. The molecule has 1 aromatic carbocycles. The molecule has 2 unspecified atom stereocenters. The van der Waals surface area contributed by atoms with Gasteiger partial charge in [-0.15, -0.1) is 0 Å². The molecule has 2 rings (SSSR count). The van der Waals surface area contributed by atoms with E-state index in [1.165, 1.54) is 18.4 Å². The van der Waals surface area contributed by atoms with E-state index in [9.17, 15) is 0 Å². The number of hydrogen-bond donors (Lipinski definition) is 1. The van der Waals surface area contributed by atoms with E-state index in [1.54, 1.807) is 0 Å². The molecule has 1 saturated carbocycles. The van der Waals surface area contributed by atoms with Crippen molar-refractivity contribution in [2.75, 3.05) is 6.61 Å². The van der Waals surface area contributed by atoms with E-state index in [4.69, 9.17) is 10.5 Å². The average Bonchev–Trinajstić information content (AvgIpc) is 2.69. The van der Waals surface area contributed by atoms with Crippen LogP contribution in [0.4, 0.5) is 0 Å². The monoisotopic (exact) mass is 247 g/mol. The second-order valence-corrected chi connectivity index (χ2v) is 6.06. The summed E-state index contributed by atoms with van der Waals surface area (Å²) >= 11 is 0. The highest BCUT2D eigenvalue weighted by molar-refractivity contribution is 5.33. The van der Waals surface area contributed by atoms with Crippen LogP contribution in [0.15, 0.2) is 24.3 Å². The predicted molar refractivity (Wildman–Crippen MR) is 75.7 cm³/mol. The van der Waals surface area contributed by atoms with E-state index < -0.39 is 0 Å². The molecule has 100 valence electrons. The first-order valence-corrected chi connectivity index (χ1v) is 7.04. The Kier molecular flexibility index (Phi) is 3.96. The second-order valence-electron chi connectivity index (χ2n) is 6.06. The Morgan fingerprint density at radius 1 is 1.33 bits per heavy atom. The fourth-order valence-electron chi connectivity index (χ4n) is 2.76. The van der Waals surface area contributed by atoms with Crippen LogP contribution in [-0.2, 0) is 5.54 Å².